The Morgan fingerprint density at radius 1 is 1.25 bits per heavy atom. The minimum Gasteiger partial charge on any atom is -0.508 e. The smallest absolute Gasteiger partial charge is 0.261 e. The molecule has 3 nitrogen and oxygen atoms in total. The number of rotatable bonds is 2. The summed E-state index contributed by atoms with van der Waals surface area (Å²) in [6.07, 6.45) is 0. The molecule has 104 valence electrons. The van der Waals surface area contributed by atoms with Crippen molar-refractivity contribution in [3.63, 3.8) is 0 Å². The van der Waals surface area contributed by atoms with Gasteiger partial charge in [-0.2, -0.15) is 0 Å². The van der Waals surface area contributed by atoms with Gasteiger partial charge in [0.1, 0.15) is 22.9 Å². The lowest BCUT2D eigenvalue weighted by Gasteiger charge is -2.10. The van der Waals surface area contributed by atoms with Crippen molar-refractivity contribution in [2.45, 2.75) is 6.92 Å². The van der Waals surface area contributed by atoms with Gasteiger partial charge in [-0.3, -0.25) is 4.79 Å². The average molecular weight is 342 g/mol. The summed E-state index contributed by atoms with van der Waals surface area (Å²) in [5.41, 5.74) is 0.0337. The van der Waals surface area contributed by atoms with E-state index in [9.17, 15) is 18.7 Å². The van der Waals surface area contributed by atoms with Crippen molar-refractivity contribution in [2.75, 3.05) is 5.32 Å². The number of anilines is 1. The number of nitrogens with one attached hydrogen (secondary N) is 1. The number of carbonyl (C=O) groups excluding carboxylic acids is 1. The number of benzene rings is 2. The summed E-state index contributed by atoms with van der Waals surface area (Å²) in [5, 5.41) is 11.9. The van der Waals surface area contributed by atoms with Gasteiger partial charge in [-0.1, -0.05) is 22.0 Å². The van der Waals surface area contributed by atoms with Crippen LogP contribution in [0.15, 0.2) is 34.8 Å². The highest BCUT2D eigenvalue weighted by atomic mass is 79.9. The fourth-order valence-corrected chi connectivity index (χ4v) is 2.10. The maximum Gasteiger partial charge on any atom is 0.261 e. The highest BCUT2D eigenvalue weighted by molar-refractivity contribution is 9.10. The third-order valence-electron chi connectivity index (χ3n) is 2.79. The molecule has 0 radical (unpaired) electrons. The zero-order valence-electron chi connectivity index (χ0n) is 10.4. The largest absolute Gasteiger partial charge is 0.508 e. The van der Waals surface area contributed by atoms with E-state index in [0.717, 1.165) is 12.1 Å². The second-order valence-electron chi connectivity index (χ2n) is 4.15. The zero-order chi connectivity index (χ0) is 14.9. The van der Waals surface area contributed by atoms with Crippen LogP contribution in [0.1, 0.15) is 15.9 Å². The molecule has 2 aromatic rings. The molecule has 20 heavy (non-hydrogen) atoms. The van der Waals surface area contributed by atoms with Crippen molar-refractivity contribution in [3.05, 3.63) is 57.6 Å². The maximum absolute atomic E-state index is 13.7. The van der Waals surface area contributed by atoms with E-state index >= 15 is 0 Å². The fraction of sp³-hybridized carbons (Fsp3) is 0.0714. The average Bonchev–Trinajstić information content (AvgIpc) is 2.33. The Balaban J connectivity index is 2.36. The quantitative estimate of drug-likeness (QED) is 0.867. The number of hydrogen-bond donors (Lipinski definition) is 2. The van der Waals surface area contributed by atoms with Gasteiger partial charge < -0.3 is 10.4 Å². The Labute approximate surface area is 122 Å². The minimum atomic E-state index is -0.966. The van der Waals surface area contributed by atoms with Crippen molar-refractivity contribution in [3.8, 4) is 5.75 Å². The molecule has 0 atom stereocenters. The molecule has 0 bridgehead atoms. The Morgan fingerprint density at radius 3 is 2.45 bits per heavy atom. The molecule has 0 unspecified atom stereocenters. The first-order valence-electron chi connectivity index (χ1n) is 5.64. The molecular weight excluding hydrogens is 332 g/mol. The van der Waals surface area contributed by atoms with Crippen molar-refractivity contribution in [1.82, 2.24) is 0 Å². The first-order chi connectivity index (χ1) is 9.40. The summed E-state index contributed by atoms with van der Waals surface area (Å²) in [5.74, 6) is -2.86. The number of phenols is 1. The van der Waals surface area contributed by atoms with Crippen molar-refractivity contribution >= 4 is 27.5 Å². The van der Waals surface area contributed by atoms with Crippen LogP contribution >= 0.6 is 15.9 Å². The molecule has 0 fully saturated rings. The summed E-state index contributed by atoms with van der Waals surface area (Å²) < 4.78 is 27.5. The van der Waals surface area contributed by atoms with E-state index < -0.39 is 23.1 Å². The first-order valence-corrected chi connectivity index (χ1v) is 6.44. The van der Waals surface area contributed by atoms with Crippen LogP contribution in [0.25, 0.3) is 0 Å². The van der Waals surface area contributed by atoms with Crippen LogP contribution in [0.2, 0.25) is 0 Å². The molecule has 0 aliphatic rings. The van der Waals surface area contributed by atoms with Gasteiger partial charge in [0.05, 0.1) is 0 Å². The molecule has 6 heteroatoms. The van der Waals surface area contributed by atoms with Crippen molar-refractivity contribution in [2.24, 2.45) is 0 Å². The maximum atomic E-state index is 13.7. The van der Waals surface area contributed by atoms with Gasteiger partial charge >= 0.3 is 0 Å². The number of hydrogen-bond acceptors (Lipinski definition) is 2. The molecular formula is C14H10BrF2NO2. The predicted octanol–water partition coefficient (Wildman–Crippen LogP) is 3.99. The van der Waals surface area contributed by atoms with Crippen LogP contribution in [0.5, 0.6) is 5.75 Å². The molecule has 0 aliphatic heterocycles. The summed E-state index contributed by atoms with van der Waals surface area (Å²) in [6.45, 7) is 1.58. The highest BCUT2D eigenvalue weighted by Crippen LogP contribution is 2.25. The van der Waals surface area contributed by atoms with Crippen LogP contribution in [0.3, 0.4) is 0 Å². The molecule has 0 spiro atoms. The van der Waals surface area contributed by atoms with Gasteiger partial charge in [0, 0.05) is 15.7 Å². The molecule has 0 heterocycles. The molecule has 0 saturated carbocycles. The van der Waals surface area contributed by atoms with Crippen LogP contribution in [-0.2, 0) is 0 Å². The van der Waals surface area contributed by atoms with E-state index in [0.29, 0.717) is 5.56 Å². The second-order valence-corrected chi connectivity index (χ2v) is 5.06. The Bertz CT molecular complexity index is 666. The van der Waals surface area contributed by atoms with Crippen LogP contribution in [-0.4, -0.2) is 11.0 Å². The third-order valence-corrected chi connectivity index (χ3v) is 3.25. The van der Waals surface area contributed by atoms with Crippen LogP contribution < -0.4 is 5.32 Å². The topological polar surface area (TPSA) is 49.3 Å². The molecule has 2 aromatic carbocycles. The van der Waals surface area contributed by atoms with Gasteiger partial charge in [0.15, 0.2) is 0 Å². The van der Waals surface area contributed by atoms with E-state index in [-0.39, 0.29) is 15.9 Å². The number of amides is 1. The number of aromatic hydroxyl groups is 1. The lowest BCUT2D eigenvalue weighted by atomic mass is 10.1. The van der Waals surface area contributed by atoms with Gasteiger partial charge in [0.2, 0.25) is 0 Å². The molecule has 0 aliphatic carbocycles. The SMILES string of the molecule is Cc1c(O)cccc1NC(=O)c1c(F)cc(Br)cc1F. The fourth-order valence-electron chi connectivity index (χ4n) is 1.70. The summed E-state index contributed by atoms with van der Waals surface area (Å²) in [4.78, 5) is 11.9. The van der Waals surface area contributed by atoms with E-state index in [4.69, 9.17) is 0 Å². The van der Waals surface area contributed by atoms with E-state index in [2.05, 4.69) is 21.2 Å². The normalized spacial score (nSPS) is 10.4. The predicted molar refractivity (Wildman–Crippen MR) is 74.9 cm³/mol. The number of halogens is 3. The summed E-state index contributed by atoms with van der Waals surface area (Å²) in [7, 11) is 0. The summed E-state index contributed by atoms with van der Waals surface area (Å²) in [6, 6.07) is 6.51. The van der Waals surface area contributed by atoms with Crippen LogP contribution in [0.4, 0.5) is 14.5 Å². The third kappa shape index (κ3) is 2.80. The van der Waals surface area contributed by atoms with Gasteiger partial charge in [-0.25, -0.2) is 8.78 Å². The number of phenolic OH excluding ortho intramolecular Hbond substituents is 1. The molecule has 2 rings (SSSR count). The zero-order valence-corrected chi connectivity index (χ0v) is 12.0. The van der Waals surface area contributed by atoms with E-state index in [1.807, 2.05) is 0 Å². The highest BCUT2D eigenvalue weighted by Gasteiger charge is 2.19. The lowest BCUT2D eigenvalue weighted by molar-refractivity contribution is 0.101. The lowest BCUT2D eigenvalue weighted by Crippen LogP contribution is -2.16. The first kappa shape index (κ1) is 14.5. The number of carbonyl (C=O) groups is 1. The summed E-state index contributed by atoms with van der Waals surface area (Å²) >= 11 is 2.94. The Morgan fingerprint density at radius 2 is 1.85 bits per heavy atom. The van der Waals surface area contributed by atoms with E-state index in [1.165, 1.54) is 18.2 Å². The monoisotopic (exact) mass is 341 g/mol. The van der Waals surface area contributed by atoms with Gasteiger partial charge in [0.25, 0.3) is 5.91 Å². The molecule has 1 amide bonds. The second kappa shape index (κ2) is 5.58. The standard InChI is InChI=1S/C14H10BrF2NO2/c1-7-11(3-2-4-12(7)19)18-14(20)13-9(16)5-8(15)6-10(13)17/h2-6,19H,1H3,(H,18,20). The Kier molecular flexibility index (Phi) is 4.04. The van der Waals surface area contributed by atoms with Gasteiger partial charge in [-0.15, -0.1) is 0 Å². The van der Waals surface area contributed by atoms with Crippen molar-refractivity contribution < 1.29 is 18.7 Å². The minimum absolute atomic E-state index is 0.0143. The van der Waals surface area contributed by atoms with Crippen LogP contribution in [0, 0.1) is 18.6 Å². The molecule has 2 N–H and O–H groups in total. The molecule has 0 aromatic heterocycles. The van der Waals surface area contributed by atoms with Gasteiger partial charge in [-0.05, 0) is 31.2 Å². The van der Waals surface area contributed by atoms with E-state index in [1.54, 1.807) is 6.92 Å². The molecule has 0 saturated heterocycles. The van der Waals surface area contributed by atoms with Crippen molar-refractivity contribution in [1.29, 1.82) is 0 Å². The Hall–Kier alpha value is -1.95.